The van der Waals surface area contributed by atoms with Gasteiger partial charge in [-0.25, -0.2) is 0 Å². The standard InChI is InChI=1S/C10H18N2O2/c1-9(13)11-7-5-3-4-6-8-12(11)10(2)14/h3-8H2,1-2H3. The molecule has 0 bridgehead atoms. The lowest BCUT2D eigenvalue weighted by molar-refractivity contribution is -0.162. The van der Waals surface area contributed by atoms with Gasteiger partial charge in [0.25, 0.3) is 0 Å². The van der Waals surface area contributed by atoms with Gasteiger partial charge in [0.15, 0.2) is 0 Å². The van der Waals surface area contributed by atoms with Crippen LogP contribution in [0.3, 0.4) is 0 Å². The Balaban J connectivity index is 2.70. The molecule has 1 aliphatic heterocycles. The normalized spacial score (nSPS) is 18.7. The van der Waals surface area contributed by atoms with E-state index >= 15 is 0 Å². The maximum absolute atomic E-state index is 11.3. The van der Waals surface area contributed by atoms with Crippen molar-refractivity contribution in [1.82, 2.24) is 10.0 Å². The summed E-state index contributed by atoms with van der Waals surface area (Å²) in [4.78, 5) is 22.6. The fourth-order valence-electron chi connectivity index (χ4n) is 1.77. The summed E-state index contributed by atoms with van der Waals surface area (Å²) in [7, 11) is 0. The molecular weight excluding hydrogens is 180 g/mol. The fourth-order valence-corrected chi connectivity index (χ4v) is 1.77. The Labute approximate surface area is 84.8 Å². The SMILES string of the molecule is CC(=O)N1CCCCCCN1C(C)=O. The van der Waals surface area contributed by atoms with Gasteiger partial charge in [-0.1, -0.05) is 12.8 Å². The molecule has 0 radical (unpaired) electrons. The first-order valence-corrected chi connectivity index (χ1v) is 5.19. The molecule has 4 heteroatoms. The van der Waals surface area contributed by atoms with Gasteiger partial charge in [-0.05, 0) is 12.8 Å². The number of carbonyl (C=O) groups excluding carboxylic acids is 2. The van der Waals surface area contributed by atoms with E-state index < -0.39 is 0 Å². The minimum absolute atomic E-state index is 0.0397. The predicted octanol–water partition coefficient (Wildman–Crippen LogP) is 1.17. The molecule has 1 heterocycles. The van der Waals surface area contributed by atoms with Crippen LogP contribution in [-0.4, -0.2) is 34.9 Å². The van der Waals surface area contributed by atoms with Crippen molar-refractivity contribution in [2.24, 2.45) is 0 Å². The second-order valence-corrected chi connectivity index (χ2v) is 3.70. The van der Waals surface area contributed by atoms with E-state index in [-0.39, 0.29) is 11.8 Å². The van der Waals surface area contributed by atoms with Gasteiger partial charge in [0.2, 0.25) is 11.8 Å². The molecule has 0 aromatic rings. The van der Waals surface area contributed by atoms with Crippen LogP contribution in [0.25, 0.3) is 0 Å². The molecule has 0 aromatic heterocycles. The number of hydrogen-bond acceptors (Lipinski definition) is 2. The van der Waals surface area contributed by atoms with Crippen LogP contribution in [0.1, 0.15) is 39.5 Å². The van der Waals surface area contributed by atoms with Crippen molar-refractivity contribution in [3.63, 3.8) is 0 Å². The zero-order chi connectivity index (χ0) is 10.6. The lowest BCUT2D eigenvalue weighted by Gasteiger charge is -2.35. The Morgan fingerprint density at radius 1 is 0.786 bits per heavy atom. The van der Waals surface area contributed by atoms with Crippen LogP contribution in [0.2, 0.25) is 0 Å². The first kappa shape index (κ1) is 11.0. The highest BCUT2D eigenvalue weighted by molar-refractivity contribution is 5.79. The molecular formula is C10H18N2O2. The maximum Gasteiger partial charge on any atom is 0.238 e. The van der Waals surface area contributed by atoms with Crippen LogP contribution in [0, 0.1) is 0 Å². The van der Waals surface area contributed by atoms with Gasteiger partial charge in [0.1, 0.15) is 0 Å². The van der Waals surface area contributed by atoms with Crippen molar-refractivity contribution in [2.45, 2.75) is 39.5 Å². The second kappa shape index (κ2) is 4.98. The van der Waals surface area contributed by atoms with E-state index in [2.05, 4.69) is 0 Å². The highest BCUT2D eigenvalue weighted by Gasteiger charge is 2.21. The first-order valence-electron chi connectivity index (χ1n) is 5.19. The molecule has 0 N–H and O–H groups in total. The number of carbonyl (C=O) groups is 2. The van der Waals surface area contributed by atoms with Crippen molar-refractivity contribution >= 4 is 11.8 Å². The van der Waals surface area contributed by atoms with Gasteiger partial charge in [-0.3, -0.25) is 19.6 Å². The van der Waals surface area contributed by atoms with Crippen molar-refractivity contribution in [2.75, 3.05) is 13.1 Å². The van der Waals surface area contributed by atoms with Crippen LogP contribution in [0.4, 0.5) is 0 Å². The van der Waals surface area contributed by atoms with E-state index in [4.69, 9.17) is 0 Å². The van der Waals surface area contributed by atoms with Crippen LogP contribution in [0.5, 0.6) is 0 Å². The summed E-state index contributed by atoms with van der Waals surface area (Å²) in [6.07, 6.45) is 4.28. The van der Waals surface area contributed by atoms with E-state index in [0.717, 1.165) is 25.7 Å². The zero-order valence-electron chi connectivity index (χ0n) is 8.95. The molecule has 0 atom stereocenters. The fraction of sp³-hybridized carbons (Fsp3) is 0.800. The summed E-state index contributed by atoms with van der Waals surface area (Å²) in [5, 5.41) is 3.14. The first-order chi connectivity index (χ1) is 6.63. The smallest absolute Gasteiger partial charge is 0.238 e. The van der Waals surface area contributed by atoms with E-state index in [0.29, 0.717) is 13.1 Å². The number of nitrogens with zero attached hydrogens (tertiary/aromatic N) is 2. The minimum atomic E-state index is -0.0397. The number of amides is 2. The topological polar surface area (TPSA) is 40.6 Å². The van der Waals surface area contributed by atoms with Crippen LogP contribution in [0.15, 0.2) is 0 Å². The Hall–Kier alpha value is -1.06. The third-order valence-corrected chi connectivity index (χ3v) is 2.51. The molecule has 1 fully saturated rings. The molecule has 1 saturated heterocycles. The Kier molecular flexibility index (Phi) is 3.92. The number of hydrogen-bond donors (Lipinski definition) is 0. The van der Waals surface area contributed by atoms with E-state index in [1.54, 1.807) is 10.0 Å². The zero-order valence-corrected chi connectivity index (χ0v) is 8.95. The van der Waals surface area contributed by atoms with Gasteiger partial charge >= 0.3 is 0 Å². The molecule has 0 aliphatic carbocycles. The minimum Gasteiger partial charge on any atom is -0.273 e. The lowest BCUT2D eigenvalue weighted by atomic mass is 10.1. The summed E-state index contributed by atoms with van der Waals surface area (Å²) >= 11 is 0. The second-order valence-electron chi connectivity index (χ2n) is 3.70. The maximum atomic E-state index is 11.3. The molecule has 0 unspecified atom stereocenters. The average Bonchev–Trinajstić information content (AvgIpc) is 2.01. The molecule has 2 amide bonds. The van der Waals surface area contributed by atoms with Crippen LogP contribution >= 0.6 is 0 Å². The van der Waals surface area contributed by atoms with Crippen molar-refractivity contribution in [3.05, 3.63) is 0 Å². The third-order valence-electron chi connectivity index (χ3n) is 2.51. The van der Waals surface area contributed by atoms with Gasteiger partial charge < -0.3 is 0 Å². The summed E-state index contributed by atoms with van der Waals surface area (Å²) in [6.45, 7) is 4.37. The summed E-state index contributed by atoms with van der Waals surface area (Å²) in [6, 6.07) is 0. The monoisotopic (exact) mass is 198 g/mol. The largest absolute Gasteiger partial charge is 0.273 e. The molecule has 1 rings (SSSR count). The molecule has 14 heavy (non-hydrogen) atoms. The Bertz CT molecular complexity index is 204. The quantitative estimate of drug-likeness (QED) is 0.586. The van der Waals surface area contributed by atoms with E-state index in [1.807, 2.05) is 0 Å². The van der Waals surface area contributed by atoms with E-state index in [1.165, 1.54) is 13.8 Å². The Morgan fingerprint density at radius 2 is 1.14 bits per heavy atom. The lowest BCUT2D eigenvalue weighted by Crippen LogP contribution is -2.49. The summed E-state index contributed by atoms with van der Waals surface area (Å²) < 4.78 is 0. The van der Waals surface area contributed by atoms with Crippen molar-refractivity contribution in [3.8, 4) is 0 Å². The molecule has 1 aliphatic rings. The molecule has 4 nitrogen and oxygen atoms in total. The highest BCUT2D eigenvalue weighted by Crippen LogP contribution is 2.11. The summed E-state index contributed by atoms with van der Waals surface area (Å²) in [5.74, 6) is -0.0794. The van der Waals surface area contributed by atoms with Crippen LogP contribution in [-0.2, 0) is 9.59 Å². The molecule has 0 aromatic carbocycles. The molecule has 80 valence electrons. The van der Waals surface area contributed by atoms with Gasteiger partial charge in [-0.2, -0.15) is 0 Å². The summed E-state index contributed by atoms with van der Waals surface area (Å²) in [5.41, 5.74) is 0. The van der Waals surface area contributed by atoms with E-state index in [9.17, 15) is 9.59 Å². The van der Waals surface area contributed by atoms with Crippen molar-refractivity contribution in [1.29, 1.82) is 0 Å². The molecule has 0 spiro atoms. The van der Waals surface area contributed by atoms with Crippen LogP contribution < -0.4 is 0 Å². The number of rotatable bonds is 0. The Morgan fingerprint density at radius 3 is 1.43 bits per heavy atom. The van der Waals surface area contributed by atoms with Gasteiger partial charge in [0, 0.05) is 26.9 Å². The predicted molar refractivity (Wildman–Crippen MR) is 53.2 cm³/mol. The van der Waals surface area contributed by atoms with Crippen molar-refractivity contribution < 1.29 is 9.59 Å². The highest BCUT2D eigenvalue weighted by atomic mass is 16.2. The van der Waals surface area contributed by atoms with Gasteiger partial charge in [-0.15, -0.1) is 0 Å². The molecule has 0 saturated carbocycles. The third kappa shape index (κ3) is 2.72. The average molecular weight is 198 g/mol. The number of hydrazine groups is 1. The van der Waals surface area contributed by atoms with Gasteiger partial charge in [0.05, 0.1) is 0 Å².